The van der Waals surface area contributed by atoms with Gasteiger partial charge in [0, 0.05) is 12.2 Å². The normalized spacial score (nSPS) is 18.9. The summed E-state index contributed by atoms with van der Waals surface area (Å²) in [7, 11) is 0. The molecule has 104 valence electrons. The van der Waals surface area contributed by atoms with Gasteiger partial charge in [-0.25, -0.2) is 4.98 Å². The molecule has 1 fully saturated rings. The summed E-state index contributed by atoms with van der Waals surface area (Å²) < 4.78 is 0. The van der Waals surface area contributed by atoms with Crippen LogP contribution in [0.1, 0.15) is 12.8 Å². The molecule has 1 aromatic carbocycles. The van der Waals surface area contributed by atoms with Crippen molar-refractivity contribution in [2.75, 3.05) is 18.4 Å². The Bertz CT molecular complexity index is 689. The second kappa shape index (κ2) is 5.42. The third kappa shape index (κ3) is 2.55. The lowest BCUT2D eigenvalue weighted by Gasteiger charge is -2.21. The van der Waals surface area contributed by atoms with E-state index in [1.807, 2.05) is 0 Å². The van der Waals surface area contributed by atoms with Crippen LogP contribution in [0.2, 0.25) is 0 Å². The summed E-state index contributed by atoms with van der Waals surface area (Å²) in [6, 6.07) is 5.13. The molecule has 0 aliphatic carbocycles. The molecule has 1 saturated heterocycles. The number of aromatic amines is 1. The highest BCUT2D eigenvalue weighted by atomic mass is 16.2. The highest BCUT2D eigenvalue weighted by Gasteiger charge is 2.20. The van der Waals surface area contributed by atoms with Gasteiger partial charge in [-0.15, -0.1) is 0 Å². The molecule has 1 aliphatic heterocycles. The zero-order chi connectivity index (χ0) is 13.9. The van der Waals surface area contributed by atoms with Gasteiger partial charge in [0.05, 0.1) is 23.1 Å². The number of amides is 1. The van der Waals surface area contributed by atoms with E-state index >= 15 is 0 Å². The van der Waals surface area contributed by atoms with Gasteiger partial charge < -0.3 is 15.6 Å². The van der Waals surface area contributed by atoms with E-state index in [9.17, 15) is 9.59 Å². The van der Waals surface area contributed by atoms with Crippen molar-refractivity contribution in [2.24, 2.45) is 5.92 Å². The van der Waals surface area contributed by atoms with E-state index in [0.717, 1.165) is 25.9 Å². The first-order valence-corrected chi connectivity index (χ1v) is 6.73. The van der Waals surface area contributed by atoms with Gasteiger partial charge in [-0.05, 0) is 37.6 Å². The Morgan fingerprint density at radius 1 is 1.40 bits per heavy atom. The van der Waals surface area contributed by atoms with Crippen LogP contribution in [0.25, 0.3) is 10.9 Å². The first-order chi connectivity index (χ1) is 9.74. The van der Waals surface area contributed by atoms with Crippen molar-refractivity contribution in [2.45, 2.75) is 12.8 Å². The molecule has 2 heterocycles. The maximum Gasteiger partial charge on any atom is 0.258 e. The molecule has 2 aromatic rings. The molecule has 0 saturated carbocycles. The Morgan fingerprint density at radius 3 is 3.10 bits per heavy atom. The SMILES string of the molecule is O=C(Nc1ccc2c(=O)[nH]cnc2c1)C1CCCNC1. The van der Waals surface area contributed by atoms with Crippen molar-refractivity contribution in [3.05, 3.63) is 34.9 Å². The zero-order valence-electron chi connectivity index (χ0n) is 11.0. The van der Waals surface area contributed by atoms with Gasteiger partial charge in [-0.3, -0.25) is 9.59 Å². The number of hydrogen-bond acceptors (Lipinski definition) is 4. The Morgan fingerprint density at radius 2 is 2.30 bits per heavy atom. The highest BCUT2D eigenvalue weighted by Crippen LogP contribution is 2.17. The number of H-pyrrole nitrogens is 1. The van der Waals surface area contributed by atoms with Crippen molar-refractivity contribution in [3.63, 3.8) is 0 Å². The third-order valence-corrected chi connectivity index (χ3v) is 3.58. The van der Waals surface area contributed by atoms with Gasteiger partial charge in [0.1, 0.15) is 0 Å². The van der Waals surface area contributed by atoms with Crippen molar-refractivity contribution >= 4 is 22.5 Å². The lowest BCUT2D eigenvalue weighted by Crippen LogP contribution is -2.37. The van der Waals surface area contributed by atoms with Crippen molar-refractivity contribution in [1.29, 1.82) is 0 Å². The maximum atomic E-state index is 12.1. The Balaban J connectivity index is 1.80. The molecule has 1 amide bonds. The first-order valence-electron chi connectivity index (χ1n) is 6.73. The van der Waals surface area contributed by atoms with E-state index in [1.54, 1.807) is 18.2 Å². The van der Waals surface area contributed by atoms with Crippen LogP contribution in [0.15, 0.2) is 29.3 Å². The topological polar surface area (TPSA) is 86.9 Å². The molecule has 6 nitrogen and oxygen atoms in total. The average molecular weight is 272 g/mol. The molecule has 3 rings (SSSR count). The molecule has 0 bridgehead atoms. The number of aromatic nitrogens is 2. The van der Waals surface area contributed by atoms with Crippen LogP contribution in [-0.2, 0) is 4.79 Å². The van der Waals surface area contributed by atoms with E-state index in [0.29, 0.717) is 16.6 Å². The number of fused-ring (bicyclic) bond motifs is 1. The standard InChI is InChI=1S/C14H16N4O2/c19-13(9-2-1-5-15-7-9)18-10-3-4-11-12(6-10)16-8-17-14(11)20/h3-4,6,8-9,15H,1-2,5,7H2,(H,18,19)(H,16,17,20). The Hall–Kier alpha value is -2.21. The lowest BCUT2D eigenvalue weighted by atomic mass is 9.99. The van der Waals surface area contributed by atoms with E-state index in [1.165, 1.54) is 6.33 Å². The van der Waals surface area contributed by atoms with Crippen molar-refractivity contribution in [3.8, 4) is 0 Å². The smallest absolute Gasteiger partial charge is 0.258 e. The predicted octanol–water partition coefficient (Wildman–Crippen LogP) is 0.861. The van der Waals surface area contributed by atoms with Gasteiger partial charge in [0.15, 0.2) is 0 Å². The van der Waals surface area contributed by atoms with Crippen LogP contribution in [0, 0.1) is 5.92 Å². The number of benzene rings is 1. The minimum absolute atomic E-state index is 0.00609. The second-order valence-electron chi connectivity index (χ2n) is 5.00. The van der Waals surface area contributed by atoms with Crippen LogP contribution in [0.3, 0.4) is 0 Å². The molecule has 1 atom stereocenters. The number of nitrogens with zero attached hydrogens (tertiary/aromatic N) is 1. The fourth-order valence-electron chi connectivity index (χ4n) is 2.47. The molecule has 3 N–H and O–H groups in total. The predicted molar refractivity (Wildman–Crippen MR) is 76.6 cm³/mol. The fourth-order valence-corrected chi connectivity index (χ4v) is 2.47. The summed E-state index contributed by atoms with van der Waals surface area (Å²) in [5, 5.41) is 6.63. The minimum atomic E-state index is -0.177. The quantitative estimate of drug-likeness (QED) is 0.756. The first kappa shape index (κ1) is 12.8. The molecule has 0 spiro atoms. The third-order valence-electron chi connectivity index (χ3n) is 3.58. The van der Waals surface area contributed by atoms with Crippen LogP contribution < -0.4 is 16.2 Å². The monoisotopic (exact) mass is 272 g/mol. The maximum absolute atomic E-state index is 12.1. The summed E-state index contributed by atoms with van der Waals surface area (Å²) >= 11 is 0. The van der Waals surface area contributed by atoms with Crippen LogP contribution in [0.4, 0.5) is 5.69 Å². The summed E-state index contributed by atoms with van der Waals surface area (Å²) in [5.41, 5.74) is 1.07. The Kier molecular flexibility index (Phi) is 3.47. The number of piperidine rings is 1. The summed E-state index contributed by atoms with van der Waals surface area (Å²) in [5.74, 6) is 0.0213. The molecule has 1 aromatic heterocycles. The largest absolute Gasteiger partial charge is 0.326 e. The molecular formula is C14H16N4O2. The van der Waals surface area contributed by atoms with Crippen molar-refractivity contribution < 1.29 is 4.79 Å². The number of anilines is 1. The van der Waals surface area contributed by atoms with Crippen LogP contribution >= 0.6 is 0 Å². The number of rotatable bonds is 2. The van der Waals surface area contributed by atoms with Gasteiger partial charge in [-0.2, -0.15) is 0 Å². The number of nitrogens with one attached hydrogen (secondary N) is 3. The van der Waals surface area contributed by atoms with Gasteiger partial charge >= 0.3 is 0 Å². The number of carbonyl (C=O) groups excluding carboxylic acids is 1. The molecule has 20 heavy (non-hydrogen) atoms. The zero-order valence-corrected chi connectivity index (χ0v) is 11.0. The Labute approximate surface area is 115 Å². The van der Waals surface area contributed by atoms with Gasteiger partial charge in [0.25, 0.3) is 5.56 Å². The molecule has 1 aliphatic rings. The van der Waals surface area contributed by atoms with E-state index in [2.05, 4.69) is 20.6 Å². The van der Waals surface area contributed by atoms with Crippen LogP contribution in [0.5, 0.6) is 0 Å². The summed E-state index contributed by atoms with van der Waals surface area (Å²) in [6.45, 7) is 1.70. The van der Waals surface area contributed by atoms with E-state index in [4.69, 9.17) is 0 Å². The number of hydrogen-bond donors (Lipinski definition) is 3. The second-order valence-corrected chi connectivity index (χ2v) is 5.00. The molecule has 6 heteroatoms. The molecule has 1 unspecified atom stereocenters. The summed E-state index contributed by atoms with van der Waals surface area (Å²) in [4.78, 5) is 30.3. The van der Waals surface area contributed by atoms with E-state index in [-0.39, 0.29) is 17.4 Å². The van der Waals surface area contributed by atoms with Gasteiger partial charge in [-0.1, -0.05) is 0 Å². The van der Waals surface area contributed by atoms with Crippen molar-refractivity contribution in [1.82, 2.24) is 15.3 Å². The highest BCUT2D eigenvalue weighted by molar-refractivity contribution is 5.94. The number of carbonyl (C=O) groups is 1. The van der Waals surface area contributed by atoms with E-state index < -0.39 is 0 Å². The fraction of sp³-hybridized carbons (Fsp3) is 0.357. The molecule has 0 radical (unpaired) electrons. The lowest BCUT2D eigenvalue weighted by molar-refractivity contribution is -0.120. The molecular weight excluding hydrogens is 256 g/mol. The average Bonchev–Trinajstić information content (AvgIpc) is 2.48. The minimum Gasteiger partial charge on any atom is -0.326 e. The summed E-state index contributed by atoms with van der Waals surface area (Å²) in [6.07, 6.45) is 3.29. The van der Waals surface area contributed by atoms with Gasteiger partial charge in [0.2, 0.25) is 5.91 Å². The van der Waals surface area contributed by atoms with Crippen LogP contribution in [-0.4, -0.2) is 29.0 Å².